The Morgan fingerprint density at radius 1 is 1.15 bits per heavy atom. The first-order valence-electron chi connectivity index (χ1n) is 8.16. The van der Waals surface area contributed by atoms with Gasteiger partial charge in [0.15, 0.2) is 0 Å². The molecule has 144 valence electrons. The number of carboxylic acids is 1. The number of para-hydroxylation sites is 1. The lowest BCUT2D eigenvalue weighted by molar-refractivity contribution is -0.192. The first kappa shape index (κ1) is 20.0. The number of benzene rings is 1. The predicted molar refractivity (Wildman–Crippen MR) is 86.9 cm³/mol. The molecule has 0 aliphatic carbocycles. The van der Waals surface area contributed by atoms with Crippen LogP contribution >= 0.6 is 0 Å². The number of halogens is 3. The van der Waals surface area contributed by atoms with Gasteiger partial charge < -0.3 is 19.6 Å². The first-order chi connectivity index (χ1) is 12.2. The van der Waals surface area contributed by atoms with Crippen LogP contribution < -0.4 is 4.74 Å². The Labute approximate surface area is 149 Å². The summed E-state index contributed by atoms with van der Waals surface area (Å²) in [6, 6.07) is 8.01. The van der Waals surface area contributed by atoms with Crippen molar-refractivity contribution in [3.63, 3.8) is 0 Å². The molecule has 9 heteroatoms. The van der Waals surface area contributed by atoms with Gasteiger partial charge in [0, 0.05) is 26.2 Å². The maximum absolute atomic E-state index is 12.5. The van der Waals surface area contributed by atoms with Gasteiger partial charge >= 0.3 is 12.1 Å². The largest absolute Gasteiger partial charge is 0.492 e. The molecule has 1 unspecified atom stereocenters. The minimum Gasteiger partial charge on any atom is -0.492 e. The standard InChI is InChI=1S/C15H20N2O2.C2HF3O2/c1-16-6-8-17(9-7-16)15(18)13-10-12-4-2-3-5-14(12)19-11-13;3-2(4,5)1(6)7/h2-5,13H,6-11H2,1H3;(H,6,7). The van der Waals surface area contributed by atoms with Crippen molar-refractivity contribution in [1.29, 1.82) is 0 Å². The summed E-state index contributed by atoms with van der Waals surface area (Å²) < 4.78 is 37.4. The molecule has 3 rings (SSSR count). The summed E-state index contributed by atoms with van der Waals surface area (Å²) in [6.07, 6.45) is -4.28. The summed E-state index contributed by atoms with van der Waals surface area (Å²) in [5.41, 5.74) is 1.15. The lowest BCUT2D eigenvalue weighted by Crippen LogP contribution is -2.50. The van der Waals surface area contributed by atoms with Crippen LogP contribution in [0.5, 0.6) is 5.75 Å². The normalized spacial score (nSPS) is 20.3. The molecule has 0 spiro atoms. The Morgan fingerprint density at radius 3 is 2.31 bits per heavy atom. The van der Waals surface area contributed by atoms with E-state index in [0.717, 1.165) is 43.9 Å². The van der Waals surface area contributed by atoms with E-state index in [9.17, 15) is 18.0 Å². The fourth-order valence-corrected chi connectivity index (χ4v) is 2.77. The molecular weight excluding hydrogens is 353 g/mol. The quantitative estimate of drug-likeness (QED) is 0.810. The van der Waals surface area contributed by atoms with Crippen LogP contribution in [0.25, 0.3) is 0 Å². The van der Waals surface area contributed by atoms with E-state index in [1.54, 1.807) is 0 Å². The summed E-state index contributed by atoms with van der Waals surface area (Å²) in [6.45, 7) is 4.13. The molecule has 0 radical (unpaired) electrons. The van der Waals surface area contributed by atoms with E-state index in [4.69, 9.17) is 14.6 Å². The van der Waals surface area contributed by atoms with E-state index in [-0.39, 0.29) is 11.8 Å². The van der Waals surface area contributed by atoms with Crippen LogP contribution in [-0.2, 0) is 16.0 Å². The second-order valence-corrected chi connectivity index (χ2v) is 6.25. The van der Waals surface area contributed by atoms with Crippen LogP contribution in [0.2, 0.25) is 0 Å². The zero-order valence-electron chi connectivity index (χ0n) is 14.3. The molecule has 1 atom stereocenters. The number of nitrogens with zero attached hydrogens (tertiary/aromatic N) is 2. The van der Waals surface area contributed by atoms with Crippen molar-refractivity contribution in [3.05, 3.63) is 29.8 Å². The van der Waals surface area contributed by atoms with Gasteiger partial charge in [0.2, 0.25) is 5.91 Å². The van der Waals surface area contributed by atoms with Gasteiger partial charge in [0.05, 0.1) is 5.92 Å². The number of amides is 1. The van der Waals surface area contributed by atoms with Crippen molar-refractivity contribution in [3.8, 4) is 5.75 Å². The number of hydrogen-bond acceptors (Lipinski definition) is 4. The molecule has 0 bridgehead atoms. The van der Waals surface area contributed by atoms with Crippen LogP contribution in [-0.4, -0.2) is 72.8 Å². The summed E-state index contributed by atoms with van der Waals surface area (Å²) >= 11 is 0. The maximum Gasteiger partial charge on any atom is 0.490 e. The Bertz CT molecular complexity index is 643. The second-order valence-electron chi connectivity index (χ2n) is 6.25. The highest BCUT2D eigenvalue weighted by atomic mass is 19.4. The first-order valence-corrected chi connectivity index (χ1v) is 8.16. The van der Waals surface area contributed by atoms with Crippen molar-refractivity contribution in [1.82, 2.24) is 9.80 Å². The molecule has 1 aromatic carbocycles. The van der Waals surface area contributed by atoms with Gasteiger partial charge in [0.1, 0.15) is 12.4 Å². The van der Waals surface area contributed by atoms with Gasteiger partial charge in [0.25, 0.3) is 0 Å². The summed E-state index contributed by atoms with van der Waals surface area (Å²) in [5, 5.41) is 7.12. The number of carbonyl (C=O) groups excluding carboxylic acids is 1. The molecule has 2 aliphatic heterocycles. The molecule has 26 heavy (non-hydrogen) atoms. The molecule has 6 nitrogen and oxygen atoms in total. The van der Waals surface area contributed by atoms with Crippen molar-refractivity contribution in [2.24, 2.45) is 5.92 Å². The molecule has 2 heterocycles. The molecule has 1 N–H and O–H groups in total. The zero-order valence-corrected chi connectivity index (χ0v) is 14.3. The van der Waals surface area contributed by atoms with Crippen molar-refractivity contribution >= 4 is 11.9 Å². The molecule has 2 aliphatic rings. The van der Waals surface area contributed by atoms with E-state index in [2.05, 4.69) is 18.0 Å². The van der Waals surface area contributed by atoms with Gasteiger partial charge in [-0.05, 0) is 25.1 Å². The smallest absolute Gasteiger partial charge is 0.490 e. The molecule has 0 aromatic heterocycles. The predicted octanol–water partition coefficient (Wildman–Crippen LogP) is 1.64. The second kappa shape index (κ2) is 8.39. The van der Waals surface area contributed by atoms with E-state index >= 15 is 0 Å². The van der Waals surface area contributed by atoms with E-state index in [1.807, 2.05) is 23.1 Å². The van der Waals surface area contributed by atoms with E-state index in [0.29, 0.717) is 6.61 Å². The number of ether oxygens (including phenoxy) is 1. The fraction of sp³-hybridized carbons (Fsp3) is 0.529. The number of aliphatic carboxylic acids is 1. The molecule has 1 amide bonds. The van der Waals surface area contributed by atoms with Crippen molar-refractivity contribution in [2.45, 2.75) is 12.6 Å². The van der Waals surface area contributed by atoms with Crippen LogP contribution in [0.15, 0.2) is 24.3 Å². The number of hydrogen-bond donors (Lipinski definition) is 1. The third kappa shape index (κ3) is 5.35. The molecule has 1 fully saturated rings. The number of likely N-dealkylation sites (N-methyl/N-ethyl adjacent to an activating group) is 1. The minimum atomic E-state index is -5.08. The van der Waals surface area contributed by atoms with Crippen molar-refractivity contribution < 1.29 is 32.6 Å². The number of alkyl halides is 3. The average Bonchev–Trinajstić information content (AvgIpc) is 2.61. The van der Waals surface area contributed by atoms with Gasteiger partial charge in [-0.3, -0.25) is 4.79 Å². The molecule has 1 aromatic rings. The SMILES string of the molecule is CN1CCN(C(=O)C2COc3ccccc3C2)CC1.O=C(O)C(F)(F)F. The van der Waals surface area contributed by atoms with Crippen LogP contribution in [0.3, 0.4) is 0 Å². The lowest BCUT2D eigenvalue weighted by atomic mass is 9.95. The monoisotopic (exact) mass is 374 g/mol. The Hall–Kier alpha value is -2.29. The fourth-order valence-electron chi connectivity index (χ4n) is 2.77. The topological polar surface area (TPSA) is 70.1 Å². The maximum atomic E-state index is 12.5. The summed E-state index contributed by atoms with van der Waals surface area (Å²) in [5.74, 6) is -1.58. The van der Waals surface area contributed by atoms with Crippen LogP contribution in [0.4, 0.5) is 13.2 Å². The number of rotatable bonds is 1. The Morgan fingerprint density at radius 2 is 1.73 bits per heavy atom. The average molecular weight is 374 g/mol. The Balaban J connectivity index is 0.000000298. The highest BCUT2D eigenvalue weighted by molar-refractivity contribution is 5.80. The van der Waals surface area contributed by atoms with Gasteiger partial charge in [-0.25, -0.2) is 4.79 Å². The third-order valence-electron chi connectivity index (χ3n) is 4.29. The molecular formula is C17H21F3N2O4. The summed E-state index contributed by atoms with van der Waals surface area (Å²) in [7, 11) is 2.10. The number of carbonyl (C=O) groups is 2. The minimum absolute atomic E-state index is 0.0155. The van der Waals surface area contributed by atoms with Crippen LogP contribution in [0, 0.1) is 5.92 Å². The molecule has 1 saturated heterocycles. The third-order valence-corrected chi connectivity index (χ3v) is 4.29. The number of piperazine rings is 1. The number of carboxylic acid groups (broad SMARTS) is 1. The van der Waals surface area contributed by atoms with Gasteiger partial charge in [-0.1, -0.05) is 18.2 Å². The summed E-state index contributed by atoms with van der Waals surface area (Å²) in [4.78, 5) is 25.6. The molecule has 0 saturated carbocycles. The van der Waals surface area contributed by atoms with Crippen LogP contribution in [0.1, 0.15) is 5.56 Å². The Kier molecular flexibility index (Phi) is 6.47. The zero-order chi connectivity index (χ0) is 19.3. The van der Waals surface area contributed by atoms with Gasteiger partial charge in [-0.2, -0.15) is 13.2 Å². The lowest BCUT2D eigenvalue weighted by Gasteiger charge is -2.35. The highest BCUT2D eigenvalue weighted by Gasteiger charge is 2.38. The van der Waals surface area contributed by atoms with Crippen molar-refractivity contribution in [2.75, 3.05) is 39.8 Å². The number of fused-ring (bicyclic) bond motifs is 1. The van der Waals surface area contributed by atoms with Gasteiger partial charge in [-0.15, -0.1) is 0 Å². The highest BCUT2D eigenvalue weighted by Crippen LogP contribution is 2.27. The van der Waals surface area contributed by atoms with E-state index in [1.165, 1.54) is 0 Å². The van der Waals surface area contributed by atoms with E-state index < -0.39 is 12.1 Å².